The lowest BCUT2D eigenvalue weighted by Gasteiger charge is -2.16. The first-order valence-electron chi connectivity index (χ1n) is 8.94. The topological polar surface area (TPSA) is 138 Å². The first-order valence-corrected chi connectivity index (χ1v) is 11.6. The monoisotopic (exact) mass is 488 g/mol. The number of amides is 3. The van der Waals surface area contributed by atoms with Crippen molar-refractivity contribution in [2.24, 2.45) is 0 Å². The zero-order chi connectivity index (χ0) is 21.8. The van der Waals surface area contributed by atoms with Crippen molar-refractivity contribution < 1.29 is 32.7 Å². The molecule has 2 rings (SSSR count). The fourth-order valence-electron chi connectivity index (χ4n) is 2.83. The van der Waals surface area contributed by atoms with Crippen LogP contribution >= 0.6 is 15.9 Å². The summed E-state index contributed by atoms with van der Waals surface area (Å²) in [6, 6.07) is 3.45. The van der Waals surface area contributed by atoms with Crippen molar-refractivity contribution in [3.8, 4) is 0 Å². The van der Waals surface area contributed by atoms with Gasteiger partial charge in [0.05, 0.1) is 16.9 Å². The number of aliphatic carboxylic acids is 1. The molecule has 0 saturated heterocycles. The maximum Gasteiger partial charge on any atom is 0.326 e. The average Bonchev–Trinajstić information content (AvgIpc) is 2.89. The predicted molar refractivity (Wildman–Crippen MR) is 107 cm³/mol. The van der Waals surface area contributed by atoms with Gasteiger partial charge in [-0.1, -0.05) is 22.9 Å². The van der Waals surface area contributed by atoms with Gasteiger partial charge in [-0.25, -0.2) is 13.2 Å². The van der Waals surface area contributed by atoms with Crippen LogP contribution in [-0.4, -0.2) is 66.2 Å². The van der Waals surface area contributed by atoms with Crippen LogP contribution in [0.3, 0.4) is 0 Å². The third-order valence-corrected chi connectivity index (χ3v) is 6.74. The van der Waals surface area contributed by atoms with E-state index in [4.69, 9.17) is 0 Å². The standard InChI is InChI=1S/C18H21BrN2O7S/c1-2-29(27,28)9-7-14(18(25)26)20-15(22)4-3-8-21-16(23)12-6-5-11(19)10-13(12)17(21)24/h5-6,10,14H,2-4,7-9H2,1H3,(H,20,22)(H,25,26). The third kappa shape index (κ3) is 5.86. The summed E-state index contributed by atoms with van der Waals surface area (Å²) in [4.78, 5) is 49.0. The van der Waals surface area contributed by atoms with E-state index in [2.05, 4.69) is 21.2 Å². The molecule has 29 heavy (non-hydrogen) atoms. The fraction of sp³-hybridized carbons (Fsp3) is 0.444. The number of rotatable bonds is 10. The second kappa shape index (κ2) is 9.49. The number of fused-ring (bicyclic) bond motifs is 1. The molecule has 0 fully saturated rings. The van der Waals surface area contributed by atoms with E-state index in [1.807, 2.05) is 0 Å². The maximum atomic E-state index is 12.4. The summed E-state index contributed by atoms with van der Waals surface area (Å²) in [7, 11) is -3.35. The second-order valence-corrected chi connectivity index (χ2v) is 9.93. The minimum absolute atomic E-state index is 0.0132. The number of benzene rings is 1. The Morgan fingerprint density at radius 1 is 1.21 bits per heavy atom. The molecule has 0 saturated carbocycles. The number of nitrogens with one attached hydrogen (secondary N) is 1. The molecule has 1 aliphatic heterocycles. The summed E-state index contributed by atoms with van der Waals surface area (Å²) in [5.41, 5.74) is 0.586. The zero-order valence-electron chi connectivity index (χ0n) is 15.7. The minimum atomic E-state index is -3.35. The highest BCUT2D eigenvalue weighted by Crippen LogP contribution is 2.26. The highest BCUT2D eigenvalue weighted by molar-refractivity contribution is 9.10. The van der Waals surface area contributed by atoms with Crippen molar-refractivity contribution in [2.45, 2.75) is 32.2 Å². The Balaban J connectivity index is 1.87. The molecular weight excluding hydrogens is 468 g/mol. The summed E-state index contributed by atoms with van der Waals surface area (Å²) in [6.07, 6.45) is -0.190. The van der Waals surface area contributed by atoms with Crippen molar-refractivity contribution in [1.29, 1.82) is 0 Å². The van der Waals surface area contributed by atoms with Crippen LogP contribution in [0.15, 0.2) is 22.7 Å². The fourth-order valence-corrected chi connectivity index (χ4v) is 4.07. The summed E-state index contributed by atoms with van der Waals surface area (Å²) >= 11 is 3.25. The van der Waals surface area contributed by atoms with Gasteiger partial charge in [0.2, 0.25) is 5.91 Å². The number of carboxylic acids is 1. The van der Waals surface area contributed by atoms with Gasteiger partial charge in [0.25, 0.3) is 11.8 Å². The molecule has 0 spiro atoms. The third-order valence-electron chi connectivity index (χ3n) is 4.51. The molecule has 2 N–H and O–H groups in total. The molecule has 3 amide bonds. The Bertz CT molecular complexity index is 946. The van der Waals surface area contributed by atoms with Gasteiger partial charge in [-0.05, 0) is 31.0 Å². The van der Waals surface area contributed by atoms with E-state index >= 15 is 0 Å². The van der Waals surface area contributed by atoms with Gasteiger partial charge >= 0.3 is 5.97 Å². The summed E-state index contributed by atoms with van der Waals surface area (Å²) in [6.45, 7) is 1.47. The molecule has 0 radical (unpaired) electrons. The Kier molecular flexibility index (Phi) is 7.53. The van der Waals surface area contributed by atoms with E-state index < -0.39 is 39.6 Å². The molecule has 11 heteroatoms. The molecule has 0 bridgehead atoms. The normalized spacial score (nSPS) is 14.6. The van der Waals surface area contributed by atoms with Crippen molar-refractivity contribution in [3.05, 3.63) is 33.8 Å². The lowest BCUT2D eigenvalue weighted by Crippen LogP contribution is -2.42. The predicted octanol–water partition coefficient (Wildman–Crippen LogP) is 1.22. The van der Waals surface area contributed by atoms with E-state index in [0.29, 0.717) is 10.0 Å². The van der Waals surface area contributed by atoms with E-state index in [1.165, 1.54) is 6.92 Å². The molecule has 1 aliphatic rings. The number of hydrogen-bond donors (Lipinski definition) is 2. The van der Waals surface area contributed by atoms with Gasteiger partial charge in [-0.15, -0.1) is 0 Å². The molecule has 0 aromatic heterocycles. The van der Waals surface area contributed by atoms with Crippen molar-refractivity contribution >= 4 is 49.5 Å². The van der Waals surface area contributed by atoms with Crippen LogP contribution in [0, 0.1) is 0 Å². The lowest BCUT2D eigenvalue weighted by atomic mass is 10.1. The molecule has 1 atom stereocenters. The van der Waals surface area contributed by atoms with Crippen LogP contribution < -0.4 is 5.32 Å². The molecule has 0 aliphatic carbocycles. The first kappa shape index (κ1) is 23.0. The first-order chi connectivity index (χ1) is 13.6. The quantitative estimate of drug-likeness (QED) is 0.472. The maximum absolute atomic E-state index is 12.4. The van der Waals surface area contributed by atoms with Crippen LogP contribution in [0.4, 0.5) is 0 Å². The van der Waals surface area contributed by atoms with E-state index in [1.54, 1.807) is 18.2 Å². The van der Waals surface area contributed by atoms with Gasteiger partial charge in [-0.2, -0.15) is 0 Å². The molecular formula is C18H21BrN2O7S. The van der Waals surface area contributed by atoms with E-state index in [0.717, 1.165) is 4.90 Å². The molecule has 9 nitrogen and oxygen atoms in total. The Morgan fingerprint density at radius 2 is 1.86 bits per heavy atom. The average molecular weight is 489 g/mol. The summed E-state index contributed by atoms with van der Waals surface area (Å²) in [5, 5.41) is 11.5. The number of imide groups is 1. The van der Waals surface area contributed by atoms with Gasteiger partial charge in [0.15, 0.2) is 0 Å². The highest BCUT2D eigenvalue weighted by atomic mass is 79.9. The molecule has 1 heterocycles. The van der Waals surface area contributed by atoms with Gasteiger partial charge in [0, 0.05) is 23.2 Å². The van der Waals surface area contributed by atoms with E-state index in [9.17, 15) is 32.7 Å². The minimum Gasteiger partial charge on any atom is -0.480 e. The molecule has 1 aromatic rings. The summed E-state index contributed by atoms with van der Waals surface area (Å²) < 4.78 is 23.7. The van der Waals surface area contributed by atoms with Crippen LogP contribution in [0.2, 0.25) is 0 Å². The van der Waals surface area contributed by atoms with Crippen molar-refractivity contribution in [2.75, 3.05) is 18.1 Å². The van der Waals surface area contributed by atoms with Gasteiger partial charge < -0.3 is 10.4 Å². The zero-order valence-corrected chi connectivity index (χ0v) is 18.1. The number of carboxylic acid groups (broad SMARTS) is 1. The van der Waals surface area contributed by atoms with Gasteiger partial charge in [0.1, 0.15) is 15.9 Å². The number of nitrogens with zero attached hydrogens (tertiary/aromatic N) is 1. The van der Waals surface area contributed by atoms with Gasteiger partial charge in [-0.3, -0.25) is 19.3 Å². The van der Waals surface area contributed by atoms with Crippen LogP contribution in [0.1, 0.15) is 46.9 Å². The number of sulfone groups is 1. The number of hydrogen-bond acceptors (Lipinski definition) is 6. The summed E-state index contributed by atoms with van der Waals surface area (Å²) in [5.74, 6) is -3.25. The largest absolute Gasteiger partial charge is 0.480 e. The smallest absolute Gasteiger partial charge is 0.326 e. The molecule has 1 unspecified atom stereocenters. The molecule has 158 valence electrons. The number of halogens is 1. The Labute approximate surface area is 176 Å². The van der Waals surface area contributed by atoms with Crippen molar-refractivity contribution in [1.82, 2.24) is 10.2 Å². The van der Waals surface area contributed by atoms with E-state index in [-0.39, 0.29) is 42.9 Å². The second-order valence-electron chi connectivity index (χ2n) is 6.54. The number of carbonyl (C=O) groups is 4. The van der Waals surface area contributed by atoms with Crippen LogP contribution in [0.25, 0.3) is 0 Å². The lowest BCUT2D eigenvalue weighted by molar-refractivity contribution is -0.141. The Hall–Kier alpha value is -2.27. The Morgan fingerprint density at radius 3 is 2.48 bits per heavy atom. The van der Waals surface area contributed by atoms with Crippen molar-refractivity contribution in [3.63, 3.8) is 0 Å². The molecule has 1 aromatic carbocycles. The number of carbonyl (C=O) groups excluding carboxylic acids is 3. The highest BCUT2D eigenvalue weighted by Gasteiger charge is 2.35. The van der Waals surface area contributed by atoms with Crippen LogP contribution in [-0.2, 0) is 19.4 Å². The van der Waals surface area contributed by atoms with Crippen LogP contribution in [0.5, 0.6) is 0 Å². The SMILES string of the molecule is CCS(=O)(=O)CCC(NC(=O)CCCN1C(=O)c2ccc(Br)cc2C1=O)C(=O)O.